The summed E-state index contributed by atoms with van der Waals surface area (Å²) in [5.41, 5.74) is 4.26. The Morgan fingerprint density at radius 1 is 1.03 bits per heavy atom. The van der Waals surface area contributed by atoms with Gasteiger partial charge in [-0.1, -0.05) is 42.5 Å². The van der Waals surface area contributed by atoms with Crippen molar-refractivity contribution in [1.82, 2.24) is 4.90 Å². The van der Waals surface area contributed by atoms with Gasteiger partial charge < -0.3 is 15.5 Å². The molecule has 5 rings (SSSR count). The van der Waals surface area contributed by atoms with Crippen molar-refractivity contribution in [2.24, 2.45) is 0 Å². The van der Waals surface area contributed by atoms with Crippen LogP contribution >= 0.6 is 0 Å². The van der Waals surface area contributed by atoms with Crippen LogP contribution in [0.3, 0.4) is 0 Å². The molecule has 2 aliphatic heterocycles. The van der Waals surface area contributed by atoms with Gasteiger partial charge in [0, 0.05) is 48.2 Å². The Morgan fingerprint density at radius 2 is 1.80 bits per heavy atom. The van der Waals surface area contributed by atoms with Gasteiger partial charge in [-0.05, 0) is 41.8 Å². The summed E-state index contributed by atoms with van der Waals surface area (Å²) in [6.07, 6.45) is 5.16. The van der Waals surface area contributed by atoms with Gasteiger partial charge in [0.1, 0.15) is 0 Å². The quantitative estimate of drug-likeness (QED) is 0.298. The van der Waals surface area contributed by atoms with Gasteiger partial charge in [0.05, 0.1) is 16.2 Å². The Morgan fingerprint density at radius 3 is 2.49 bits per heavy atom. The second-order valence-electron chi connectivity index (χ2n) is 8.31. The first-order valence-electron chi connectivity index (χ1n) is 11.2. The summed E-state index contributed by atoms with van der Waals surface area (Å²) in [5, 5.41) is 17.5. The Balaban J connectivity index is 1.50. The van der Waals surface area contributed by atoms with E-state index in [9.17, 15) is 19.7 Å². The highest BCUT2D eigenvalue weighted by Crippen LogP contribution is 2.39. The number of anilines is 2. The lowest BCUT2D eigenvalue weighted by Gasteiger charge is -2.15. The molecule has 1 fully saturated rings. The van der Waals surface area contributed by atoms with E-state index < -0.39 is 4.92 Å². The van der Waals surface area contributed by atoms with Crippen molar-refractivity contribution in [2.45, 2.75) is 12.8 Å². The average molecular weight is 466 g/mol. The van der Waals surface area contributed by atoms with Crippen LogP contribution in [0, 0.1) is 10.1 Å². The Bertz CT molecular complexity index is 1380. The van der Waals surface area contributed by atoms with Crippen molar-refractivity contribution in [3.63, 3.8) is 0 Å². The van der Waals surface area contributed by atoms with Crippen LogP contribution < -0.4 is 10.6 Å². The minimum absolute atomic E-state index is 0.0854. The van der Waals surface area contributed by atoms with Gasteiger partial charge in [-0.2, -0.15) is 0 Å². The first kappa shape index (κ1) is 22.1. The van der Waals surface area contributed by atoms with E-state index in [1.807, 2.05) is 66.9 Å². The van der Waals surface area contributed by atoms with Crippen LogP contribution in [-0.4, -0.2) is 28.2 Å². The van der Waals surface area contributed by atoms with E-state index in [2.05, 4.69) is 10.6 Å². The highest BCUT2D eigenvalue weighted by atomic mass is 16.6. The number of hydrogen-bond donors (Lipinski definition) is 2. The summed E-state index contributed by atoms with van der Waals surface area (Å²) < 4.78 is 0. The molecule has 0 unspecified atom stereocenters. The predicted octanol–water partition coefficient (Wildman–Crippen LogP) is 5.12. The molecule has 35 heavy (non-hydrogen) atoms. The molecule has 1 saturated heterocycles. The van der Waals surface area contributed by atoms with E-state index in [0.29, 0.717) is 28.9 Å². The number of fused-ring (bicyclic) bond motifs is 1. The van der Waals surface area contributed by atoms with Gasteiger partial charge in [0.2, 0.25) is 5.91 Å². The number of nitro groups is 1. The average Bonchev–Trinajstić information content (AvgIpc) is 3.43. The number of nitrogens with one attached hydrogen (secondary N) is 2. The molecule has 2 N–H and O–H groups in total. The van der Waals surface area contributed by atoms with Crippen molar-refractivity contribution in [3.05, 3.63) is 106 Å². The van der Waals surface area contributed by atoms with Crippen molar-refractivity contribution in [1.29, 1.82) is 0 Å². The van der Waals surface area contributed by atoms with E-state index in [-0.39, 0.29) is 17.5 Å². The zero-order valence-corrected chi connectivity index (χ0v) is 18.7. The van der Waals surface area contributed by atoms with E-state index in [1.165, 1.54) is 12.1 Å². The summed E-state index contributed by atoms with van der Waals surface area (Å²) in [6.45, 7) is 0.741. The zero-order chi connectivity index (χ0) is 24.4. The Hall–Kier alpha value is -4.72. The summed E-state index contributed by atoms with van der Waals surface area (Å²) in [4.78, 5) is 37.4. The molecule has 2 heterocycles. The summed E-state index contributed by atoms with van der Waals surface area (Å²) >= 11 is 0. The molecule has 0 saturated carbocycles. The fourth-order valence-electron chi connectivity index (χ4n) is 4.23. The van der Waals surface area contributed by atoms with E-state index in [1.54, 1.807) is 11.0 Å². The lowest BCUT2D eigenvalue weighted by Crippen LogP contribution is -2.16. The molecule has 8 nitrogen and oxygen atoms in total. The van der Waals surface area contributed by atoms with Crippen molar-refractivity contribution in [3.8, 4) is 0 Å². The molecule has 0 aromatic heterocycles. The fourth-order valence-corrected chi connectivity index (χ4v) is 4.23. The molecule has 0 radical (unpaired) electrons. The number of benzene rings is 3. The lowest BCUT2D eigenvalue weighted by atomic mass is 9.99. The molecule has 174 valence electrons. The molecule has 0 bridgehead atoms. The van der Waals surface area contributed by atoms with E-state index in [4.69, 9.17) is 0 Å². The third-order valence-corrected chi connectivity index (χ3v) is 6.01. The van der Waals surface area contributed by atoms with Gasteiger partial charge in [0.25, 0.3) is 11.6 Å². The summed E-state index contributed by atoms with van der Waals surface area (Å²) in [6, 6.07) is 21.3. The SMILES string of the molecule is O=C1Nc2ccc([N+](=O)[O-])cc2/C1=C(/Nc1ccc(/C=C\N2CCCC2=O)cc1)c1ccccc1. The smallest absolute Gasteiger partial charge is 0.270 e. The van der Waals surface area contributed by atoms with Crippen LogP contribution in [0.15, 0.2) is 79.0 Å². The molecule has 0 spiro atoms. The number of amides is 2. The van der Waals surface area contributed by atoms with Crippen molar-refractivity contribution >= 4 is 46.2 Å². The van der Waals surface area contributed by atoms with Gasteiger partial charge in [-0.25, -0.2) is 0 Å². The first-order valence-corrected chi connectivity index (χ1v) is 11.2. The number of carbonyl (C=O) groups is 2. The van der Waals surface area contributed by atoms with E-state index >= 15 is 0 Å². The molecule has 2 amide bonds. The van der Waals surface area contributed by atoms with Crippen LogP contribution in [0.2, 0.25) is 0 Å². The Labute approximate surface area is 201 Å². The molecule has 3 aromatic rings. The highest BCUT2D eigenvalue weighted by Gasteiger charge is 2.30. The minimum Gasteiger partial charge on any atom is -0.354 e. The molecule has 0 aliphatic carbocycles. The molecule has 2 aliphatic rings. The topological polar surface area (TPSA) is 105 Å². The van der Waals surface area contributed by atoms with Crippen LogP contribution in [0.25, 0.3) is 17.3 Å². The largest absolute Gasteiger partial charge is 0.354 e. The summed E-state index contributed by atoms with van der Waals surface area (Å²) in [5.74, 6) is -0.198. The maximum Gasteiger partial charge on any atom is 0.270 e. The fraction of sp³-hybridized carbons (Fsp3) is 0.111. The monoisotopic (exact) mass is 466 g/mol. The number of carbonyl (C=O) groups excluding carboxylic acids is 2. The van der Waals surface area contributed by atoms with Gasteiger partial charge in [-0.3, -0.25) is 19.7 Å². The number of non-ortho nitro benzene ring substituents is 1. The Kier molecular flexibility index (Phi) is 5.85. The number of nitrogens with zero attached hydrogens (tertiary/aromatic N) is 2. The van der Waals surface area contributed by atoms with E-state index in [0.717, 1.165) is 29.8 Å². The molecule has 8 heteroatoms. The van der Waals surface area contributed by atoms with Crippen LogP contribution in [0.5, 0.6) is 0 Å². The third-order valence-electron chi connectivity index (χ3n) is 6.01. The number of likely N-dealkylation sites (tertiary alicyclic amines) is 1. The van der Waals surface area contributed by atoms with Gasteiger partial charge >= 0.3 is 0 Å². The second kappa shape index (κ2) is 9.26. The molecular formula is C27H22N4O4. The highest BCUT2D eigenvalue weighted by molar-refractivity contribution is 6.37. The second-order valence-corrected chi connectivity index (χ2v) is 8.31. The van der Waals surface area contributed by atoms with Crippen molar-refractivity contribution < 1.29 is 14.5 Å². The van der Waals surface area contributed by atoms with Crippen LogP contribution in [0.1, 0.15) is 29.5 Å². The summed E-state index contributed by atoms with van der Waals surface area (Å²) in [7, 11) is 0. The number of hydrogen-bond acceptors (Lipinski definition) is 5. The minimum atomic E-state index is -0.474. The zero-order valence-electron chi connectivity index (χ0n) is 18.7. The molecule has 3 aromatic carbocycles. The van der Waals surface area contributed by atoms with Crippen molar-refractivity contribution in [2.75, 3.05) is 17.2 Å². The van der Waals surface area contributed by atoms with Gasteiger partial charge in [0.15, 0.2) is 0 Å². The molecule has 0 atom stereocenters. The van der Waals surface area contributed by atoms with Crippen LogP contribution in [-0.2, 0) is 9.59 Å². The lowest BCUT2D eigenvalue weighted by molar-refractivity contribution is -0.384. The maximum atomic E-state index is 13.0. The first-order chi connectivity index (χ1) is 17.0. The van der Waals surface area contributed by atoms with Crippen LogP contribution in [0.4, 0.5) is 17.1 Å². The predicted molar refractivity (Wildman–Crippen MR) is 135 cm³/mol. The molecular weight excluding hydrogens is 444 g/mol. The maximum absolute atomic E-state index is 13.0. The standard InChI is InChI=1S/C27H22N4O4/c32-24-7-4-15-30(24)16-14-18-8-10-20(11-9-18)28-26(19-5-2-1-3-6-19)25-22-17-21(31(34)35)12-13-23(22)29-27(25)33/h1-3,5-6,8-14,16-17,28H,4,7,15H2,(H,29,33)/b16-14-,26-25-. The third kappa shape index (κ3) is 4.54. The number of nitro benzene ring substituents is 1. The number of rotatable bonds is 6. The normalized spacial score (nSPS) is 16.4. The van der Waals surface area contributed by atoms with Gasteiger partial charge in [-0.15, -0.1) is 0 Å².